The van der Waals surface area contributed by atoms with E-state index in [9.17, 15) is 13.2 Å². The van der Waals surface area contributed by atoms with E-state index in [1.54, 1.807) is 13.8 Å². The van der Waals surface area contributed by atoms with Gasteiger partial charge >= 0.3 is 0 Å². The third kappa shape index (κ3) is 3.30. The molecule has 0 bridgehead atoms. The first kappa shape index (κ1) is 15.1. The predicted molar refractivity (Wildman–Crippen MR) is 72.5 cm³/mol. The molecular weight excluding hydrogens is 272 g/mol. The molecular formula is C11H18N2O3S2. The highest BCUT2D eigenvalue weighted by Crippen LogP contribution is 2.25. The molecule has 7 heteroatoms. The maximum Gasteiger partial charge on any atom is 0.261 e. The molecule has 0 unspecified atom stereocenters. The molecule has 0 saturated carbocycles. The Balaban J connectivity index is 3.10. The van der Waals surface area contributed by atoms with Crippen LogP contribution in [0.4, 0.5) is 0 Å². The van der Waals surface area contributed by atoms with Gasteiger partial charge in [0, 0.05) is 18.0 Å². The second-order valence-electron chi connectivity index (χ2n) is 4.04. The molecule has 0 aromatic carbocycles. The van der Waals surface area contributed by atoms with Crippen molar-refractivity contribution in [2.75, 3.05) is 7.05 Å². The van der Waals surface area contributed by atoms with E-state index in [1.165, 1.54) is 24.5 Å². The van der Waals surface area contributed by atoms with E-state index in [-0.39, 0.29) is 16.8 Å². The standard InChI is InChI=1S/C11H18N2O3S2/c1-5-7(2)13-18(15,16)10-6-9(11(14)12-4)17-8(10)3/h6-7,13H,5H2,1-4H3,(H,12,14)/t7-/m1/s1. The number of carbonyl (C=O) groups is 1. The van der Waals surface area contributed by atoms with Gasteiger partial charge in [0.05, 0.1) is 9.77 Å². The molecule has 18 heavy (non-hydrogen) atoms. The van der Waals surface area contributed by atoms with Gasteiger partial charge in [-0.25, -0.2) is 13.1 Å². The van der Waals surface area contributed by atoms with Crippen LogP contribution in [0.25, 0.3) is 0 Å². The molecule has 1 aromatic rings. The fourth-order valence-corrected chi connectivity index (χ4v) is 4.24. The number of nitrogens with one attached hydrogen (secondary N) is 2. The van der Waals surface area contributed by atoms with E-state index in [1.807, 2.05) is 6.92 Å². The summed E-state index contributed by atoms with van der Waals surface area (Å²) in [7, 11) is -2.03. The summed E-state index contributed by atoms with van der Waals surface area (Å²) in [6, 6.07) is 1.29. The average Bonchev–Trinajstić information content (AvgIpc) is 2.70. The van der Waals surface area contributed by atoms with Crippen LogP contribution in [0.15, 0.2) is 11.0 Å². The Morgan fingerprint density at radius 1 is 1.50 bits per heavy atom. The number of amides is 1. The third-order valence-corrected chi connectivity index (χ3v) is 5.48. The molecule has 0 aliphatic heterocycles. The smallest absolute Gasteiger partial charge is 0.261 e. The lowest BCUT2D eigenvalue weighted by molar-refractivity contribution is 0.0967. The van der Waals surface area contributed by atoms with E-state index in [0.717, 1.165) is 0 Å². The van der Waals surface area contributed by atoms with Crippen molar-refractivity contribution in [1.29, 1.82) is 0 Å². The molecule has 1 atom stereocenters. The van der Waals surface area contributed by atoms with Crippen molar-refractivity contribution in [3.05, 3.63) is 15.8 Å². The van der Waals surface area contributed by atoms with Gasteiger partial charge in [-0.15, -0.1) is 11.3 Å². The van der Waals surface area contributed by atoms with Crippen LogP contribution in [0.3, 0.4) is 0 Å². The summed E-state index contributed by atoms with van der Waals surface area (Å²) in [6.07, 6.45) is 0.713. The molecule has 2 N–H and O–H groups in total. The second kappa shape index (κ2) is 5.81. The normalized spacial score (nSPS) is 13.3. The van der Waals surface area contributed by atoms with Crippen LogP contribution in [0, 0.1) is 6.92 Å². The van der Waals surface area contributed by atoms with Crippen LogP contribution in [-0.2, 0) is 10.0 Å². The van der Waals surface area contributed by atoms with E-state index in [0.29, 0.717) is 16.2 Å². The Bertz CT molecular complexity index is 534. The zero-order chi connectivity index (χ0) is 13.9. The highest BCUT2D eigenvalue weighted by atomic mass is 32.2. The number of aryl methyl sites for hydroxylation is 1. The van der Waals surface area contributed by atoms with Crippen molar-refractivity contribution in [3.63, 3.8) is 0 Å². The van der Waals surface area contributed by atoms with Gasteiger partial charge in [-0.05, 0) is 26.3 Å². The zero-order valence-electron chi connectivity index (χ0n) is 10.9. The van der Waals surface area contributed by atoms with E-state index in [2.05, 4.69) is 10.0 Å². The molecule has 0 spiro atoms. The summed E-state index contributed by atoms with van der Waals surface area (Å²) in [5.41, 5.74) is 0. The summed E-state index contributed by atoms with van der Waals surface area (Å²) in [6.45, 7) is 5.41. The maximum absolute atomic E-state index is 12.1. The molecule has 1 aromatic heterocycles. The lowest BCUT2D eigenvalue weighted by Gasteiger charge is -2.11. The molecule has 0 fully saturated rings. The minimum atomic E-state index is -3.54. The predicted octanol–water partition coefficient (Wildman–Crippen LogP) is 1.49. The SMILES string of the molecule is CC[C@@H](C)NS(=O)(=O)c1cc(C(=O)NC)sc1C. The Kier molecular flexibility index (Phi) is 4.89. The number of hydrogen-bond donors (Lipinski definition) is 2. The number of sulfonamides is 1. The van der Waals surface area contributed by atoms with Gasteiger partial charge in [0.1, 0.15) is 0 Å². The molecule has 1 rings (SSSR count). The van der Waals surface area contributed by atoms with Crippen LogP contribution in [0.2, 0.25) is 0 Å². The van der Waals surface area contributed by atoms with Crippen molar-refractivity contribution in [2.45, 2.75) is 38.1 Å². The van der Waals surface area contributed by atoms with Gasteiger partial charge in [0.2, 0.25) is 10.0 Å². The first-order valence-corrected chi connectivity index (χ1v) is 7.96. The molecule has 5 nitrogen and oxygen atoms in total. The van der Waals surface area contributed by atoms with Gasteiger partial charge < -0.3 is 5.32 Å². The molecule has 0 aliphatic rings. The van der Waals surface area contributed by atoms with E-state index >= 15 is 0 Å². The average molecular weight is 290 g/mol. The summed E-state index contributed by atoms with van der Waals surface area (Å²) >= 11 is 1.18. The molecule has 0 saturated heterocycles. The van der Waals surface area contributed by atoms with E-state index in [4.69, 9.17) is 0 Å². The maximum atomic E-state index is 12.1. The van der Waals surface area contributed by atoms with Gasteiger partial charge in [0.25, 0.3) is 5.91 Å². The van der Waals surface area contributed by atoms with Crippen molar-refractivity contribution < 1.29 is 13.2 Å². The van der Waals surface area contributed by atoms with Gasteiger partial charge in [-0.1, -0.05) is 6.92 Å². The second-order valence-corrected chi connectivity index (χ2v) is 6.98. The largest absolute Gasteiger partial charge is 0.354 e. The van der Waals surface area contributed by atoms with Crippen molar-refractivity contribution in [1.82, 2.24) is 10.0 Å². The van der Waals surface area contributed by atoms with Crippen LogP contribution in [0.1, 0.15) is 34.8 Å². The van der Waals surface area contributed by atoms with Gasteiger partial charge in [-0.3, -0.25) is 4.79 Å². The number of rotatable bonds is 5. The quantitative estimate of drug-likeness (QED) is 0.862. The topological polar surface area (TPSA) is 75.3 Å². The number of carbonyl (C=O) groups excluding carboxylic acids is 1. The van der Waals surface area contributed by atoms with Crippen LogP contribution in [-0.4, -0.2) is 27.4 Å². The molecule has 0 aliphatic carbocycles. The number of hydrogen-bond acceptors (Lipinski definition) is 4. The molecule has 102 valence electrons. The number of thiophene rings is 1. The minimum absolute atomic E-state index is 0.127. The highest BCUT2D eigenvalue weighted by molar-refractivity contribution is 7.89. The Morgan fingerprint density at radius 3 is 2.61 bits per heavy atom. The first-order valence-electron chi connectivity index (χ1n) is 5.66. The Morgan fingerprint density at radius 2 is 2.11 bits per heavy atom. The van der Waals surface area contributed by atoms with Crippen molar-refractivity contribution in [3.8, 4) is 0 Å². The lowest BCUT2D eigenvalue weighted by Crippen LogP contribution is -2.32. The monoisotopic (exact) mass is 290 g/mol. The molecule has 1 amide bonds. The summed E-state index contributed by atoms with van der Waals surface area (Å²) in [5, 5.41) is 2.48. The molecule has 0 radical (unpaired) electrons. The minimum Gasteiger partial charge on any atom is -0.354 e. The zero-order valence-corrected chi connectivity index (χ0v) is 12.5. The summed E-state index contributed by atoms with van der Waals surface area (Å²) in [5.74, 6) is -0.270. The van der Waals surface area contributed by atoms with Gasteiger partial charge in [-0.2, -0.15) is 0 Å². The van der Waals surface area contributed by atoms with Crippen molar-refractivity contribution in [2.24, 2.45) is 0 Å². The third-order valence-electron chi connectivity index (χ3n) is 2.58. The van der Waals surface area contributed by atoms with Crippen molar-refractivity contribution >= 4 is 27.3 Å². The van der Waals surface area contributed by atoms with Gasteiger partial charge in [0.15, 0.2) is 0 Å². The van der Waals surface area contributed by atoms with E-state index < -0.39 is 10.0 Å². The first-order chi connectivity index (χ1) is 8.31. The Labute approximate surface area is 112 Å². The van der Waals surface area contributed by atoms with Crippen LogP contribution in [0.5, 0.6) is 0 Å². The summed E-state index contributed by atoms with van der Waals surface area (Å²) < 4.78 is 26.8. The fourth-order valence-electron chi connectivity index (χ4n) is 1.38. The molecule has 1 heterocycles. The van der Waals surface area contributed by atoms with Crippen LogP contribution < -0.4 is 10.0 Å². The highest BCUT2D eigenvalue weighted by Gasteiger charge is 2.23. The summed E-state index contributed by atoms with van der Waals surface area (Å²) in [4.78, 5) is 12.7. The lowest BCUT2D eigenvalue weighted by atomic mass is 10.3. The Hall–Kier alpha value is -0.920. The van der Waals surface area contributed by atoms with Crippen LogP contribution >= 0.6 is 11.3 Å². The fraction of sp³-hybridized carbons (Fsp3) is 0.545.